The summed E-state index contributed by atoms with van der Waals surface area (Å²) in [5, 5.41) is 6.94. The number of amides is 2. The zero-order valence-electron chi connectivity index (χ0n) is 15.2. The topological polar surface area (TPSA) is 115 Å². The molecule has 0 atom stereocenters. The van der Waals surface area contributed by atoms with Crippen molar-refractivity contribution in [1.29, 1.82) is 0 Å². The van der Waals surface area contributed by atoms with E-state index in [1.165, 1.54) is 13.3 Å². The Morgan fingerprint density at radius 2 is 2.00 bits per heavy atom. The van der Waals surface area contributed by atoms with Gasteiger partial charge in [0.15, 0.2) is 18.1 Å². The highest BCUT2D eigenvalue weighted by Gasteiger charge is 2.06. The fourth-order valence-electron chi connectivity index (χ4n) is 2.19. The minimum absolute atomic E-state index is 0.101. The van der Waals surface area contributed by atoms with Gasteiger partial charge in [0, 0.05) is 5.69 Å². The van der Waals surface area contributed by atoms with Gasteiger partial charge in [-0.05, 0) is 48.4 Å². The lowest BCUT2D eigenvalue weighted by molar-refractivity contribution is -0.120. The monoisotopic (exact) mass is 370 g/mol. The summed E-state index contributed by atoms with van der Waals surface area (Å²) in [6.45, 7) is 1.84. The molecular formula is C19H22N4O4. The van der Waals surface area contributed by atoms with Gasteiger partial charge in [-0.1, -0.05) is 12.1 Å². The van der Waals surface area contributed by atoms with Crippen molar-refractivity contribution in [2.24, 2.45) is 10.8 Å². The molecule has 2 rings (SSSR count). The van der Waals surface area contributed by atoms with Crippen LogP contribution in [0, 0.1) is 6.92 Å². The number of ether oxygens (including phenoxy) is 2. The number of nitrogens with one attached hydrogen (secondary N) is 2. The summed E-state index contributed by atoms with van der Waals surface area (Å²) in [4.78, 5) is 22.6. The van der Waals surface area contributed by atoms with Crippen molar-refractivity contribution in [1.82, 2.24) is 5.43 Å². The highest BCUT2D eigenvalue weighted by molar-refractivity contribution is 5.85. The molecule has 0 aromatic heterocycles. The predicted molar refractivity (Wildman–Crippen MR) is 103 cm³/mol. The largest absolute Gasteiger partial charge is 0.493 e. The molecule has 0 aliphatic carbocycles. The molecule has 2 amide bonds. The first kappa shape index (κ1) is 19.8. The van der Waals surface area contributed by atoms with E-state index in [4.69, 9.17) is 15.2 Å². The van der Waals surface area contributed by atoms with Gasteiger partial charge in [0.2, 0.25) is 0 Å². The Hall–Kier alpha value is -3.55. The molecule has 0 aliphatic rings. The first-order chi connectivity index (χ1) is 13.0. The number of primary amides is 1. The van der Waals surface area contributed by atoms with Crippen molar-refractivity contribution < 1.29 is 19.1 Å². The first-order valence-corrected chi connectivity index (χ1v) is 8.19. The van der Waals surface area contributed by atoms with Gasteiger partial charge in [0.05, 0.1) is 19.9 Å². The van der Waals surface area contributed by atoms with Gasteiger partial charge < -0.3 is 20.5 Å². The lowest BCUT2D eigenvalue weighted by atomic mass is 10.2. The Morgan fingerprint density at radius 3 is 2.70 bits per heavy atom. The van der Waals surface area contributed by atoms with Crippen LogP contribution >= 0.6 is 0 Å². The van der Waals surface area contributed by atoms with Gasteiger partial charge in [-0.2, -0.15) is 5.10 Å². The molecular weight excluding hydrogens is 348 g/mol. The Morgan fingerprint density at radius 1 is 1.19 bits per heavy atom. The number of methoxy groups -OCH3 is 1. The molecule has 0 heterocycles. The molecule has 0 bridgehead atoms. The van der Waals surface area contributed by atoms with E-state index < -0.39 is 5.91 Å². The highest BCUT2D eigenvalue weighted by Crippen LogP contribution is 2.27. The third-order valence-electron chi connectivity index (χ3n) is 3.43. The van der Waals surface area contributed by atoms with E-state index in [0.717, 1.165) is 11.3 Å². The number of hydrogen-bond donors (Lipinski definition) is 3. The predicted octanol–water partition coefficient (Wildman–Crippen LogP) is 1.43. The Labute approximate surface area is 157 Å². The molecule has 0 spiro atoms. The normalized spacial score (nSPS) is 10.4. The molecule has 2 aromatic rings. The maximum Gasteiger partial charge on any atom is 0.259 e. The third kappa shape index (κ3) is 6.69. The fraction of sp³-hybridized carbons (Fsp3) is 0.211. The van der Waals surface area contributed by atoms with Gasteiger partial charge in [-0.15, -0.1) is 0 Å². The second-order valence-electron chi connectivity index (χ2n) is 5.68. The van der Waals surface area contributed by atoms with Crippen LogP contribution in [0.15, 0.2) is 47.6 Å². The van der Waals surface area contributed by atoms with E-state index in [2.05, 4.69) is 15.8 Å². The van der Waals surface area contributed by atoms with Crippen LogP contribution in [0.5, 0.6) is 11.5 Å². The molecule has 2 aromatic carbocycles. The van der Waals surface area contributed by atoms with Crippen LogP contribution in [0.25, 0.3) is 0 Å². The van der Waals surface area contributed by atoms with Gasteiger partial charge in [0.25, 0.3) is 11.8 Å². The minimum Gasteiger partial charge on any atom is -0.493 e. The van der Waals surface area contributed by atoms with E-state index >= 15 is 0 Å². The molecule has 0 radical (unpaired) electrons. The smallest absolute Gasteiger partial charge is 0.259 e. The summed E-state index contributed by atoms with van der Waals surface area (Å²) in [6.07, 6.45) is 1.48. The molecule has 0 saturated heterocycles. The van der Waals surface area contributed by atoms with Crippen LogP contribution in [0.1, 0.15) is 11.1 Å². The van der Waals surface area contributed by atoms with E-state index in [9.17, 15) is 9.59 Å². The molecule has 0 unspecified atom stereocenters. The summed E-state index contributed by atoms with van der Waals surface area (Å²) >= 11 is 0. The Bertz CT molecular complexity index is 836. The first-order valence-electron chi connectivity index (χ1n) is 8.19. The average molecular weight is 370 g/mol. The average Bonchev–Trinajstić information content (AvgIpc) is 2.65. The third-order valence-corrected chi connectivity index (χ3v) is 3.43. The molecule has 0 aliphatic heterocycles. The van der Waals surface area contributed by atoms with Gasteiger partial charge in [-0.3, -0.25) is 9.59 Å². The number of nitrogens with two attached hydrogens (primary N) is 1. The Kier molecular flexibility index (Phi) is 7.18. The minimum atomic E-state index is -0.579. The van der Waals surface area contributed by atoms with E-state index in [-0.39, 0.29) is 19.1 Å². The number of nitrogens with zero attached hydrogens (tertiary/aromatic N) is 1. The summed E-state index contributed by atoms with van der Waals surface area (Å²) in [5.41, 5.74) is 10.2. The molecule has 4 N–H and O–H groups in total. The SMILES string of the molecule is COc1cc(/C=N/NC(=O)CNc2cccc(C)c2)ccc1OCC(N)=O. The number of carbonyl (C=O) groups is 2. The summed E-state index contributed by atoms with van der Waals surface area (Å²) in [5.74, 6) is -0.0432. The van der Waals surface area contributed by atoms with Crippen LogP contribution in [-0.4, -0.2) is 38.3 Å². The second kappa shape index (κ2) is 9.81. The van der Waals surface area contributed by atoms with Crippen LogP contribution < -0.4 is 25.9 Å². The quantitative estimate of drug-likeness (QED) is 0.456. The van der Waals surface area contributed by atoms with Crippen LogP contribution in [0.2, 0.25) is 0 Å². The van der Waals surface area contributed by atoms with Crippen molar-refractivity contribution in [2.45, 2.75) is 6.92 Å². The van der Waals surface area contributed by atoms with Gasteiger partial charge in [0.1, 0.15) is 0 Å². The van der Waals surface area contributed by atoms with E-state index in [0.29, 0.717) is 17.1 Å². The lowest BCUT2D eigenvalue weighted by Crippen LogP contribution is -2.25. The standard InChI is InChI=1S/C19H22N4O4/c1-13-4-3-5-15(8-13)21-11-19(25)23-22-10-14-6-7-16(17(9-14)26-2)27-12-18(20)24/h3-10,21H,11-12H2,1-2H3,(H2,20,24)(H,23,25)/b22-10+. The highest BCUT2D eigenvalue weighted by atomic mass is 16.5. The number of aryl methyl sites for hydroxylation is 1. The summed E-state index contributed by atoms with van der Waals surface area (Å²) in [7, 11) is 1.48. The van der Waals surface area contributed by atoms with Gasteiger partial charge >= 0.3 is 0 Å². The Balaban J connectivity index is 1.87. The van der Waals surface area contributed by atoms with Crippen molar-refractivity contribution in [3.63, 3.8) is 0 Å². The maximum atomic E-state index is 11.8. The molecule has 0 saturated carbocycles. The molecule has 142 valence electrons. The van der Waals surface area contributed by atoms with Crippen LogP contribution in [0.4, 0.5) is 5.69 Å². The van der Waals surface area contributed by atoms with Crippen molar-refractivity contribution in [2.75, 3.05) is 25.6 Å². The zero-order valence-corrected chi connectivity index (χ0v) is 15.2. The lowest BCUT2D eigenvalue weighted by Gasteiger charge is -2.09. The number of carbonyl (C=O) groups excluding carboxylic acids is 2. The summed E-state index contributed by atoms with van der Waals surface area (Å²) in [6, 6.07) is 12.7. The van der Waals surface area contributed by atoms with Crippen molar-refractivity contribution in [3.8, 4) is 11.5 Å². The second-order valence-corrected chi connectivity index (χ2v) is 5.68. The van der Waals surface area contributed by atoms with E-state index in [1.54, 1.807) is 18.2 Å². The number of hydrogen-bond acceptors (Lipinski definition) is 6. The van der Waals surface area contributed by atoms with Gasteiger partial charge in [-0.25, -0.2) is 5.43 Å². The zero-order chi connectivity index (χ0) is 19.6. The molecule has 27 heavy (non-hydrogen) atoms. The number of anilines is 1. The number of hydrazone groups is 1. The fourth-order valence-corrected chi connectivity index (χ4v) is 2.19. The summed E-state index contributed by atoms with van der Waals surface area (Å²) < 4.78 is 10.5. The molecule has 0 fully saturated rings. The van der Waals surface area contributed by atoms with Crippen LogP contribution in [0.3, 0.4) is 0 Å². The number of rotatable bonds is 9. The number of benzene rings is 2. The maximum absolute atomic E-state index is 11.8. The molecule has 8 heteroatoms. The van der Waals surface area contributed by atoms with Crippen molar-refractivity contribution >= 4 is 23.7 Å². The van der Waals surface area contributed by atoms with Crippen molar-refractivity contribution in [3.05, 3.63) is 53.6 Å². The van der Waals surface area contributed by atoms with Crippen LogP contribution in [-0.2, 0) is 9.59 Å². The van der Waals surface area contributed by atoms with E-state index in [1.807, 2.05) is 31.2 Å². The molecule has 8 nitrogen and oxygen atoms in total.